The van der Waals surface area contributed by atoms with Crippen LogP contribution < -0.4 is 10.2 Å². The first kappa shape index (κ1) is 16.3. The Balaban J connectivity index is 0.00000225. The molecule has 126 valence electrons. The summed E-state index contributed by atoms with van der Waals surface area (Å²) in [6, 6.07) is 7.79. The molecule has 0 bridgehead atoms. The van der Waals surface area contributed by atoms with Crippen molar-refractivity contribution >= 4 is 17.7 Å². The van der Waals surface area contributed by atoms with Crippen LogP contribution in [-0.4, -0.2) is 41.4 Å². The number of ketones is 1. The number of aromatic nitrogens is 2. The maximum absolute atomic E-state index is 12.9. The minimum Gasteiger partial charge on any atom is -0.351 e. The Morgan fingerprint density at radius 2 is 2.33 bits per heavy atom. The van der Waals surface area contributed by atoms with Gasteiger partial charge >= 0.3 is 0 Å². The second kappa shape index (κ2) is 6.93. The molecule has 2 aromatic rings. The molecule has 5 nitrogen and oxygen atoms in total. The minimum atomic E-state index is -0.103. The number of piperazine rings is 1. The van der Waals surface area contributed by atoms with Crippen LogP contribution in [0.3, 0.4) is 0 Å². The zero-order valence-electron chi connectivity index (χ0n) is 14.1. The lowest BCUT2D eigenvalue weighted by Crippen LogP contribution is -2.50. The van der Waals surface area contributed by atoms with Gasteiger partial charge in [-0.2, -0.15) is 0 Å². The molecule has 2 aromatic heterocycles. The normalized spacial score (nSPS) is 17.6. The molecule has 0 spiro atoms. The van der Waals surface area contributed by atoms with E-state index >= 15 is 0 Å². The van der Waals surface area contributed by atoms with Gasteiger partial charge in [0.25, 0.3) is 0 Å². The van der Waals surface area contributed by atoms with Crippen LogP contribution in [0.5, 0.6) is 0 Å². The summed E-state index contributed by atoms with van der Waals surface area (Å²) in [4.78, 5) is 24.0. The second-order valence-corrected chi connectivity index (χ2v) is 6.06. The Hall–Kier alpha value is -2.53. The largest absolute Gasteiger partial charge is 0.351 e. The van der Waals surface area contributed by atoms with Gasteiger partial charge in [0.15, 0.2) is 0 Å². The third-order valence-corrected chi connectivity index (χ3v) is 4.35. The Bertz CT molecular complexity index is 778. The molecule has 3 rings (SSSR count). The molecule has 0 unspecified atom stereocenters. The van der Waals surface area contributed by atoms with E-state index in [-0.39, 0.29) is 7.21 Å². The summed E-state index contributed by atoms with van der Waals surface area (Å²) < 4.78 is 0. The first-order chi connectivity index (χ1) is 11.6. The van der Waals surface area contributed by atoms with E-state index in [9.17, 15) is 4.79 Å². The summed E-state index contributed by atoms with van der Waals surface area (Å²) in [5.74, 6) is 0.744. The highest BCUT2D eigenvalue weighted by molar-refractivity contribution is 6.08. The van der Waals surface area contributed by atoms with E-state index in [1.54, 1.807) is 18.3 Å². The van der Waals surface area contributed by atoms with Gasteiger partial charge in [0.1, 0.15) is 11.5 Å². The summed E-state index contributed by atoms with van der Waals surface area (Å²) in [7, 11) is 0. The van der Waals surface area contributed by atoms with Crippen molar-refractivity contribution in [1.29, 1.82) is 0 Å². The standard InChI is InChI=1S/C19H22N4O.H2/c1-4-15-10-16(14(3)21-12-15)19(24)17-6-5-7-18(22-17)23-9-8-20-11-13(23)2;/h4-7,10,12-13,20H,1,8-9,11H2,2-3H3;1H/t13-;/m1./s1. The van der Waals surface area contributed by atoms with Crippen LogP contribution >= 0.6 is 0 Å². The van der Waals surface area contributed by atoms with Gasteiger partial charge in [-0.3, -0.25) is 9.78 Å². The number of carbonyl (C=O) groups is 1. The van der Waals surface area contributed by atoms with Crippen molar-refractivity contribution in [2.24, 2.45) is 0 Å². The molecule has 1 N–H and O–H groups in total. The molecule has 24 heavy (non-hydrogen) atoms. The second-order valence-electron chi connectivity index (χ2n) is 6.06. The summed E-state index contributed by atoms with van der Waals surface area (Å²) in [5, 5.41) is 3.36. The average molecular weight is 324 g/mol. The van der Waals surface area contributed by atoms with E-state index in [1.165, 1.54) is 0 Å². The Morgan fingerprint density at radius 1 is 1.50 bits per heavy atom. The maximum Gasteiger partial charge on any atom is 0.213 e. The van der Waals surface area contributed by atoms with E-state index < -0.39 is 0 Å². The molecule has 3 heterocycles. The van der Waals surface area contributed by atoms with E-state index in [0.29, 0.717) is 23.0 Å². The number of aryl methyl sites for hydroxylation is 1. The predicted octanol–water partition coefficient (Wildman–Crippen LogP) is 2.70. The minimum absolute atomic E-state index is 0. The van der Waals surface area contributed by atoms with E-state index in [1.807, 2.05) is 25.1 Å². The maximum atomic E-state index is 12.9. The summed E-state index contributed by atoms with van der Waals surface area (Å²) in [6.45, 7) is 10.5. The molecule has 0 aromatic carbocycles. The lowest BCUT2D eigenvalue weighted by molar-refractivity contribution is 0.103. The fourth-order valence-electron chi connectivity index (χ4n) is 2.92. The molecule has 1 aliphatic rings. The van der Waals surface area contributed by atoms with Gasteiger partial charge in [0.2, 0.25) is 5.78 Å². The van der Waals surface area contributed by atoms with Gasteiger partial charge in [0, 0.05) is 44.6 Å². The Kier molecular flexibility index (Phi) is 4.71. The SMILES string of the molecule is C=Cc1cnc(C)c(C(=O)c2cccc(N3CCNC[C@H]3C)n2)c1.[HH]. The number of carbonyl (C=O) groups excluding carboxylic acids is 1. The van der Waals surface area contributed by atoms with Crippen molar-refractivity contribution in [2.75, 3.05) is 24.5 Å². The fraction of sp³-hybridized carbons (Fsp3) is 0.316. The zero-order valence-corrected chi connectivity index (χ0v) is 14.1. The third kappa shape index (κ3) is 3.21. The highest BCUT2D eigenvalue weighted by Gasteiger charge is 2.21. The fourth-order valence-corrected chi connectivity index (χ4v) is 2.92. The molecule has 1 aliphatic heterocycles. The van der Waals surface area contributed by atoms with Crippen LogP contribution in [0.1, 0.15) is 35.7 Å². The molecule has 0 aliphatic carbocycles. The van der Waals surface area contributed by atoms with Crippen LogP contribution in [0.15, 0.2) is 37.0 Å². The topological polar surface area (TPSA) is 58.1 Å². The number of hydrogen-bond acceptors (Lipinski definition) is 5. The highest BCUT2D eigenvalue weighted by Crippen LogP contribution is 2.19. The van der Waals surface area contributed by atoms with Gasteiger partial charge in [-0.05, 0) is 37.6 Å². The number of nitrogens with zero attached hydrogens (tertiary/aromatic N) is 3. The van der Waals surface area contributed by atoms with Crippen molar-refractivity contribution in [2.45, 2.75) is 19.9 Å². The number of pyridine rings is 2. The van der Waals surface area contributed by atoms with Crippen molar-refractivity contribution in [3.8, 4) is 0 Å². The molecular weight excluding hydrogens is 300 g/mol. The molecule has 1 fully saturated rings. The number of anilines is 1. The summed E-state index contributed by atoms with van der Waals surface area (Å²) >= 11 is 0. The van der Waals surface area contributed by atoms with E-state index in [0.717, 1.165) is 31.0 Å². The summed E-state index contributed by atoms with van der Waals surface area (Å²) in [6.07, 6.45) is 3.40. The summed E-state index contributed by atoms with van der Waals surface area (Å²) in [5.41, 5.74) is 2.55. The zero-order chi connectivity index (χ0) is 17.1. The quantitative estimate of drug-likeness (QED) is 0.876. The molecule has 0 amide bonds. The lowest BCUT2D eigenvalue weighted by atomic mass is 10.0. The van der Waals surface area contributed by atoms with E-state index in [4.69, 9.17) is 0 Å². The third-order valence-electron chi connectivity index (χ3n) is 4.35. The predicted molar refractivity (Wildman–Crippen MR) is 98.5 cm³/mol. The van der Waals surface area contributed by atoms with Crippen molar-refractivity contribution in [3.05, 3.63) is 59.6 Å². The molecule has 1 saturated heterocycles. The average Bonchev–Trinajstić information content (AvgIpc) is 2.62. The van der Waals surface area contributed by atoms with Crippen LogP contribution in [-0.2, 0) is 0 Å². The lowest BCUT2D eigenvalue weighted by Gasteiger charge is -2.35. The first-order valence-corrected chi connectivity index (χ1v) is 8.18. The van der Waals surface area contributed by atoms with E-state index in [2.05, 4.69) is 33.7 Å². The molecule has 0 radical (unpaired) electrons. The van der Waals surface area contributed by atoms with Crippen LogP contribution in [0.2, 0.25) is 0 Å². The number of rotatable bonds is 4. The van der Waals surface area contributed by atoms with Crippen molar-refractivity contribution in [3.63, 3.8) is 0 Å². The monoisotopic (exact) mass is 324 g/mol. The number of nitrogens with one attached hydrogen (secondary N) is 1. The molecule has 1 atom stereocenters. The Labute approximate surface area is 143 Å². The van der Waals surface area contributed by atoms with Gasteiger partial charge in [0.05, 0.1) is 0 Å². The van der Waals surface area contributed by atoms with Crippen LogP contribution in [0, 0.1) is 6.92 Å². The van der Waals surface area contributed by atoms with Crippen LogP contribution in [0.25, 0.3) is 6.08 Å². The van der Waals surface area contributed by atoms with Crippen molar-refractivity contribution in [1.82, 2.24) is 15.3 Å². The van der Waals surface area contributed by atoms with Gasteiger partial charge in [-0.25, -0.2) is 4.98 Å². The van der Waals surface area contributed by atoms with Gasteiger partial charge < -0.3 is 10.2 Å². The first-order valence-electron chi connectivity index (χ1n) is 8.18. The van der Waals surface area contributed by atoms with Gasteiger partial charge in [-0.15, -0.1) is 0 Å². The smallest absolute Gasteiger partial charge is 0.213 e. The molecular formula is C19H24N4O. The Morgan fingerprint density at radius 3 is 3.08 bits per heavy atom. The van der Waals surface area contributed by atoms with Crippen molar-refractivity contribution < 1.29 is 6.22 Å². The van der Waals surface area contributed by atoms with Gasteiger partial charge in [-0.1, -0.05) is 18.7 Å². The van der Waals surface area contributed by atoms with Crippen LogP contribution in [0.4, 0.5) is 5.82 Å². The number of hydrogen-bond donors (Lipinski definition) is 1. The molecule has 0 saturated carbocycles. The highest BCUT2D eigenvalue weighted by atomic mass is 16.1. The molecule has 5 heteroatoms.